The molecule has 1 rings (SSSR count). The fourth-order valence-corrected chi connectivity index (χ4v) is 1.38. The number of aliphatic hydroxyl groups is 2. The molecule has 1 fully saturated rings. The van der Waals surface area contributed by atoms with E-state index in [4.69, 9.17) is 0 Å². The first kappa shape index (κ1) is 12.8. The number of hydrogen-bond acceptors (Lipinski definition) is 4. The lowest BCUT2D eigenvalue weighted by atomic mass is 10.0. The predicted molar refractivity (Wildman–Crippen MR) is 45.9 cm³/mol. The molecule has 0 aliphatic carbocycles. The van der Waals surface area contributed by atoms with E-state index in [9.17, 15) is 19.8 Å². The summed E-state index contributed by atoms with van der Waals surface area (Å²) in [6.45, 7) is 3.88. The summed E-state index contributed by atoms with van der Waals surface area (Å²) in [5.74, 6) is -2.88. The van der Waals surface area contributed by atoms with Gasteiger partial charge in [0.2, 0.25) is 5.91 Å². The van der Waals surface area contributed by atoms with Gasteiger partial charge in [-0.3, -0.25) is 15.0 Å². The maximum absolute atomic E-state index is 11.2. The van der Waals surface area contributed by atoms with Gasteiger partial charge in [-0.15, -0.1) is 0 Å². The number of urea groups is 1. The van der Waals surface area contributed by atoms with Crippen molar-refractivity contribution in [2.75, 3.05) is 0 Å². The molecular weight excluding hydrogens is 192 g/mol. The van der Waals surface area contributed by atoms with Crippen molar-refractivity contribution in [1.82, 2.24) is 10.2 Å². The Labute approximate surface area is 80.6 Å². The molecule has 0 aromatic carbocycles. The van der Waals surface area contributed by atoms with Crippen LogP contribution in [-0.4, -0.2) is 44.0 Å². The number of amides is 3. The lowest BCUT2D eigenvalue weighted by Crippen LogP contribution is -2.56. The van der Waals surface area contributed by atoms with Crippen LogP contribution in [0.1, 0.15) is 20.8 Å². The van der Waals surface area contributed by atoms with Crippen LogP contribution >= 0.6 is 0 Å². The molecule has 1 saturated heterocycles. The molecule has 3 amide bonds. The maximum atomic E-state index is 11.2. The fourth-order valence-electron chi connectivity index (χ4n) is 1.38. The van der Waals surface area contributed by atoms with E-state index in [1.165, 1.54) is 13.8 Å². The molecular formula is C7H14N2O5. The van der Waals surface area contributed by atoms with Crippen LogP contribution in [0.4, 0.5) is 4.79 Å². The maximum Gasteiger partial charge on any atom is 0.329 e. The Hall–Kier alpha value is -1.18. The van der Waals surface area contributed by atoms with Crippen molar-refractivity contribution in [3.8, 4) is 0 Å². The molecule has 0 aromatic heterocycles. The summed E-state index contributed by atoms with van der Waals surface area (Å²) < 4.78 is 0. The van der Waals surface area contributed by atoms with Gasteiger partial charge in [0.05, 0.1) is 0 Å². The Bertz CT molecular complexity index is 268. The number of nitrogens with one attached hydrogen (secondary N) is 1. The Kier molecular flexibility index (Phi) is 2.92. The second-order valence-electron chi connectivity index (χ2n) is 3.62. The molecule has 0 spiro atoms. The van der Waals surface area contributed by atoms with Crippen LogP contribution < -0.4 is 5.32 Å². The van der Waals surface area contributed by atoms with E-state index in [1.54, 1.807) is 0 Å². The van der Waals surface area contributed by atoms with Gasteiger partial charge in [0.15, 0.2) is 0 Å². The van der Waals surface area contributed by atoms with Crippen LogP contribution in [0.2, 0.25) is 0 Å². The third-order valence-corrected chi connectivity index (χ3v) is 1.96. The van der Waals surface area contributed by atoms with Crippen LogP contribution in [-0.2, 0) is 4.79 Å². The standard InChI is InChI=1S/C7H12N2O4.H2O/c1-6(2)4(10)8-5(11)9(6)7(3,12)13;/h12-13H,1-3H3,(H,8,10,11);1H2. The second kappa shape index (κ2) is 3.19. The van der Waals surface area contributed by atoms with E-state index in [1.807, 2.05) is 5.32 Å². The highest BCUT2D eigenvalue weighted by Crippen LogP contribution is 2.26. The minimum atomic E-state index is -2.33. The predicted octanol–water partition coefficient (Wildman–Crippen LogP) is -1.85. The fraction of sp³-hybridized carbons (Fsp3) is 0.714. The molecule has 82 valence electrons. The number of rotatable bonds is 1. The van der Waals surface area contributed by atoms with Gasteiger partial charge >= 0.3 is 6.03 Å². The van der Waals surface area contributed by atoms with Crippen molar-refractivity contribution in [2.24, 2.45) is 0 Å². The number of carbonyl (C=O) groups excluding carboxylic acids is 2. The third kappa shape index (κ3) is 1.69. The molecule has 1 aliphatic rings. The first-order valence-electron chi connectivity index (χ1n) is 3.78. The molecule has 7 heteroatoms. The summed E-state index contributed by atoms with van der Waals surface area (Å²) in [5, 5.41) is 20.4. The Morgan fingerprint density at radius 3 is 1.93 bits per heavy atom. The summed E-state index contributed by atoms with van der Waals surface area (Å²) in [7, 11) is 0. The van der Waals surface area contributed by atoms with Crippen LogP contribution in [0, 0.1) is 0 Å². The lowest BCUT2D eigenvalue weighted by molar-refractivity contribution is -0.245. The Morgan fingerprint density at radius 2 is 1.79 bits per heavy atom. The van der Waals surface area contributed by atoms with Gasteiger partial charge in [0, 0.05) is 6.92 Å². The number of hydrogen-bond donors (Lipinski definition) is 3. The Morgan fingerprint density at radius 1 is 1.36 bits per heavy atom. The van der Waals surface area contributed by atoms with Gasteiger partial charge in [-0.05, 0) is 13.8 Å². The molecule has 0 atom stereocenters. The molecule has 0 aromatic rings. The zero-order chi connectivity index (χ0) is 10.4. The summed E-state index contributed by atoms with van der Waals surface area (Å²) in [6.07, 6.45) is 0. The van der Waals surface area contributed by atoms with Crippen molar-refractivity contribution < 1.29 is 25.3 Å². The van der Waals surface area contributed by atoms with Crippen molar-refractivity contribution in [1.29, 1.82) is 0 Å². The molecule has 7 nitrogen and oxygen atoms in total. The second-order valence-corrected chi connectivity index (χ2v) is 3.62. The molecule has 1 aliphatic heterocycles. The van der Waals surface area contributed by atoms with E-state index < -0.39 is 23.4 Å². The summed E-state index contributed by atoms with van der Waals surface area (Å²) in [6, 6.07) is -0.803. The average Bonchev–Trinajstić information content (AvgIpc) is 1.99. The van der Waals surface area contributed by atoms with Crippen molar-refractivity contribution in [3.63, 3.8) is 0 Å². The normalized spacial score (nSPS) is 20.5. The average molecular weight is 206 g/mol. The number of imide groups is 1. The zero-order valence-electron chi connectivity index (χ0n) is 8.16. The van der Waals surface area contributed by atoms with Crippen LogP contribution in [0.15, 0.2) is 0 Å². The zero-order valence-corrected chi connectivity index (χ0v) is 8.16. The highest BCUT2D eigenvalue weighted by atomic mass is 16.5. The van der Waals surface area contributed by atoms with E-state index in [0.29, 0.717) is 4.90 Å². The molecule has 1 heterocycles. The molecule has 0 saturated carbocycles. The van der Waals surface area contributed by atoms with Crippen molar-refractivity contribution in [3.05, 3.63) is 0 Å². The first-order valence-corrected chi connectivity index (χ1v) is 3.78. The highest BCUT2D eigenvalue weighted by molar-refractivity contribution is 6.06. The molecule has 5 N–H and O–H groups in total. The summed E-state index contributed by atoms with van der Waals surface area (Å²) in [5.41, 5.74) is -1.24. The summed E-state index contributed by atoms with van der Waals surface area (Å²) in [4.78, 5) is 23.0. The third-order valence-electron chi connectivity index (χ3n) is 1.96. The number of nitrogens with zero attached hydrogens (tertiary/aromatic N) is 1. The van der Waals surface area contributed by atoms with Crippen molar-refractivity contribution in [2.45, 2.75) is 32.2 Å². The topological polar surface area (TPSA) is 121 Å². The van der Waals surface area contributed by atoms with Gasteiger partial charge < -0.3 is 15.7 Å². The van der Waals surface area contributed by atoms with Gasteiger partial charge in [-0.1, -0.05) is 0 Å². The molecule has 0 bridgehead atoms. The summed E-state index contributed by atoms with van der Waals surface area (Å²) >= 11 is 0. The molecule has 14 heavy (non-hydrogen) atoms. The van der Waals surface area contributed by atoms with E-state index >= 15 is 0 Å². The minimum Gasteiger partial charge on any atom is -0.412 e. The quantitative estimate of drug-likeness (QED) is 0.344. The lowest BCUT2D eigenvalue weighted by Gasteiger charge is -2.35. The van der Waals surface area contributed by atoms with E-state index in [-0.39, 0.29) is 5.48 Å². The van der Waals surface area contributed by atoms with Gasteiger partial charge in [0.25, 0.3) is 5.91 Å². The van der Waals surface area contributed by atoms with Crippen LogP contribution in [0.25, 0.3) is 0 Å². The minimum absolute atomic E-state index is 0. The SMILES string of the molecule is CC(O)(O)N1C(=O)NC(=O)C1(C)C.O. The van der Waals surface area contributed by atoms with Gasteiger partial charge in [0.1, 0.15) is 5.54 Å². The van der Waals surface area contributed by atoms with Crippen LogP contribution in [0.5, 0.6) is 0 Å². The smallest absolute Gasteiger partial charge is 0.329 e. The van der Waals surface area contributed by atoms with Crippen LogP contribution in [0.3, 0.4) is 0 Å². The molecule has 0 unspecified atom stereocenters. The highest BCUT2D eigenvalue weighted by Gasteiger charge is 2.52. The number of carbonyl (C=O) groups is 2. The molecule has 0 radical (unpaired) electrons. The first-order chi connectivity index (χ1) is 5.67. The largest absolute Gasteiger partial charge is 0.412 e. The monoisotopic (exact) mass is 206 g/mol. The van der Waals surface area contributed by atoms with Gasteiger partial charge in [-0.25, -0.2) is 4.79 Å². The van der Waals surface area contributed by atoms with E-state index in [2.05, 4.69) is 0 Å². The van der Waals surface area contributed by atoms with Crippen molar-refractivity contribution >= 4 is 11.9 Å². The Balaban J connectivity index is 0.00000169. The van der Waals surface area contributed by atoms with E-state index in [0.717, 1.165) is 6.92 Å². The van der Waals surface area contributed by atoms with Gasteiger partial charge in [-0.2, -0.15) is 0 Å².